The largest absolute Gasteiger partial charge is 0.464 e. The Labute approximate surface area is 156 Å². The predicted molar refractivity (Wildman–Crippen MR) is 103 cm³/mol. The number of furan rings is 1. The Morgan fingerprint density at radius 2 is 2.04 bits per heavy atom. The van der Waals surface area contributed by atoms with E-state index in [0.29, 0.717) is 5.56 Å². The number of nitrogens with zero attached hydrogens (tertiary/aromatic N) is 1. The topological polar surface area (TPSA) is 77.4 Å². The molecule has 4 aromatic rings. The quantitative estimate of drug-likeness (QED) is 0.520. The van der Waals surface area contributed by atoms with Crippen LogP contribution in [0.2, 0.25) is 0 Å². The number of carbonyl (C=O) groups excluding carboxylic acids is 1. The first kappa shape index (κ1) is 17.3. The lowest BCUT2D eigenvalue weighted by molar-refractivity contribution is 0.0366. The maximum Gasteiger partial charge on any atom is 0.357 e. The molecule has 0 saturated carbocycles. The highest BCUT2D eigenvalue weighted by Gasteiger charge is 2.22. The van der Waals surface area contributed by atoms with Crippen LogP contribution in [0.15, 0.2) is 47.2 Å². The fourth-order valence-corrected chi connectivity index (χ4v) is 3.37. The Morgan fingerprint density at radius 3 is 2.74 bits per heavy atom. The minimum atomic E-state index is -0.455. The lowest BCUT2D eigenvalue weighted by Crippen LogP contribution is -2.15. The molecule has 6 nitrogen and oxygen atoms in total. The molecule has 0 fully saturated rings. The summed E-state index contributed by atoms with van der Waals surface area (Å²) in [5.74, 6) is 0.303. The number of methoxy groups -OCH3 is 1. The second-order valence-corrected chi connectivity index (χ2v) is 6.59. The molecule has 4 rings (SSSR count). The van der Waals surface area contributed by atoms with Gasteiger partial charge in [-0.05, 0) is 32.0 Å². The highest BCUT2D eigenvalue weighted by atomic mass is 16.5. The van der Waals surface area contributed by atoms with Crippen LogP contribution in [0.3, 0.4) is 0 Å². The van der Waals surface area contributed by atoms with Crippen molar-refractivity contribution in [2.75, 3.05) is 7.11 Å². The van der Waals surface area contributed by atoms with E-state index in [0.717, 1.165) is 33.1 Å². The normalized spacial score (nSPS) is 11.6. The summed E-state index contributed by atoms with van der Waals surface area (Å²) in [5.41, 5.74) is 3.68. The van der Waals surface area contributed by atoms with E-state index in [1.54, 1.807) is 19.6 Å². The molecule has 0 aliphatic carbocycles. The third-order valence-corrected chi connectivity index (χ3v) is 4.37. The number of esters is 1. The van der Waals surface area contributed by atoms with Crippen molar-refractivity contribution in [2.45, 2.75) is 26.6 Å². The second-order valence-electron chi connectivity index (χ2n) is 6.59. The van der Waals surface area contributed by atoms with E-state index >= 15 is 0 Å². The minimum absolute atomic E-state index is 0.230. The molecule has 0 unspecified atom stereocenters. The molecule has 0 spiro atoms. The Morgan fingerprint density at radius 1 is 1.19 bits per heavy atom. The van der Waals surface area contributed by atoms with Gasteiger partial charge in [0.15, 0.2) is 5.69 Å². The number of carbonyl (C=O) groups is 1. The van der Waals surface area contributed by atoms with Crippen LogP contribution in [0.1, 0.15) is 29.9 Å². The standard InChI is InChI=1S/C21H20N2O4/c1-12(2)27-21(24)20-14(11-25-3)19-16(10-22-20)23-15-7-4-6-13(18(15)19)17-8-5-9-26-17/h4-10,12,23H,11H2,1-3H3. The van der Waals surface area contributed by atoms with Crippen LogP contribution in [-0.2, 0) is 16.1 Å². The summed E-state index contributed by atoms with van der Waals surface area (Å²) < 4.78 is 16.4. The van der Waals surface area contributed by atoms with Crippen molar-refractivity contribution < 1.29 is 18.7 Å². The fraction of sp³-hybridized carbons (Fsp3) is 0.238. The van der Waals surface area contributed by atoms with Crippen molar-refractivity contribution in [3.63, 3.8) is 0 Å². The van der Waals surface area contributed by atoms with E-state index in [-0.39, 0.29) is 18.4 Å². The molecule has 0 atom stereocenters. The first-order valence-electron chi connectivity index (χ1n) is 8.76. The minimum Gasteiger partial charge on any atom is -0.464 e. The summed E-state index contributed by atoms with van der Waals surface area (Å²) in [6, 6.07) is 9.72. The maximum absolute atomic E-state index is 12.6. The summed E-state index contributed by atoms with van der Waals surface area (Å²) >= 11 is 0. The van der Waals surface area contributed by atoms with Crippen LogP contribution in [0.25, 0.3) is 33.1 Å². The Kier molecular flexibility index (Phi) is 4.41. The number of hydrogen-bond acceptors (Lipinski definition) is 5. The van der Waals surface area contributed by atoms with Crippen LogP contribution in [-0.4, -0.2) is 29.2 Å². The molecule has 0 amide bonds. The monoisotopic (exact) mass is 364 g/mol. The summed E-state index contributed by atoms with van der Waals surface area (Å²) in [4.78, 5) is 20.3. The van der Waals surface area contributed by atoms with Crippen LogP contribution < -0.4 is 0 Å². The molecule has 0 saturated heterocycles. The van der Waals surface area contributed by atoms with Gasteiger partial charge >= 0.3 is 5.97 Å². The first-order valence-corrected chi connectivity index (χ1v) is 8.76. The Bertz CT molecular complexity index is 1110. The molecular weight excluding hydrogens is 344 g/mol. The van der Waals surface area contributed by atoms with E-state index in [2.05, 4.69) is 9.97 Å². The summed E-state index contributed by atoms with van der Waals surface area (Å²) in [6.07, 6.45) is 3.08. The number of rotatable bonds is 5. The van der Waals surface area contributed by atoms with Crippen molar-refractivity contribution in [1.29, 1.82) is 0 Å². The molecule has 0 aliphatic rings. The fourth-order valence-electron chi connectivity index (χ4n) is 3.37. The van der Waals surface area contributed by atoms with E-state index in [9.17, 15) is 4.79 Å². The highest BCUT2D eigenvalue weighted by Crippen LogP contribution is 2.37. The molecule has 6 heteroatoms. The van der Waals surface area contributed by atoms with Gasteiger partial charge in [0.25, 0.3) is 0 Å². The smallest absolute Gasteiger partial charge is 0.357 e. The van der Waals surface area contributed by atoms with Gasteiger partial charge < -0.3 is 18.9 Å². The lowest BCUT2D eigenvalue weighted by Gasteiger charge is -2.12. The van der Waals surface area contributed by atoms with Gasteiger partial charge in [0, 0.05) is 34.5 Å². The van der Waals surface area contributed by atoms with Crippen molar-refractivity contribution >= 4 is 27.8 Å². The van der Waals surface area contributed by atoms with Crippen LogP contribution in [0.4, 0.5) is 0 Å². The molecule has 3 heterocycles. The van der Waals surface area contributed by atoms with Crippen molar-refractivity contribution in [3.05, 3.63) is 54.0 Å². The third-order valence-electron chi connectivity index (χ3n) is 4.37. The van der Waals surface area contributed by atoms with Gasteiger partial charge in [-0.25, -0.2) is 9.78 Å². The van der Waals surface area contributed by atoms with Crippen LogP contribution in [0.5, 0.6) is 0 Å². The van der Waals surface area contributed by atoms with Gasteiger partial charge in [-0.3, -0.25) is 0 Å². The second kappa shape index (κ2) is 6.89. The van der Waals surface area contributed by atoms with E-state index in [1.165, 1.54) is 0 Å². The zero-order chi connectivity index (χ0) is 19.0. The molecule has 3 aromatic heterocycles. The Hall–Kier alpha value is -3.12. The van der Waals surface area contributed by atoms with E-state index in [4.69, 9.17) is 13.9 Å². The number of pyridine rings is 1. The van der Waals surface area contributed by atoms with Crippen molar-refractivity contribution in [2.24, 2.45) is 0 Å². The summed E-state index contributed by atoms with van der Waals surface area (Å²) in [6.45, 7) is 3.87. The third kappa shape index (κ3) is 2.98. The Balaban J connectivity index is 2.05. The first-order chi connectivity index (χ1) is 13.1. The molecule has 1 N–H and O–H groups in total. The summed E-state index contributed by atoms with van der Waals surface area (Å²) in [7, 11) is 1.60. The molecule has 27 heavy (non-hydrogen) atoms. The number of fused-ring (bicyclic) bond motifs is 3. The number of aromatic nitrogens is 2. The highest BCUT2D eigenvalue weighted by molar-refractivity contribution is 6.16. The van der Waals surface area contributed by atoms with Crippen LogP contribution >= 0.6 is 0 Å². The number of ether oxygens (including phenoxy) is 2. The molecule has 0 bridgehead atoms. The number of hydrogen-bond donors (Lipinski definition) is 1. The molecule has 0 aliphatic heterocycles. The number of benzene rings is 1. The average molecular weight is 364 g/mol. The van der Waals surface area contributed by atoms with Gasteiger partial charge in [-0.1, -0.05) is 12.1 Å². The van der Waals surface area contributed by atoms with E-state index in [1.807, 2.05) is 44.2 Å². The molecule has 0 radical (unpaired) electrons. The number of aromatic amines is 1. The lowest BCUT2D eigenvalue weighted by atomic mass is 10.0. The van der Waals surface area contributed by atoms with Gasteiger partial charge in [0.05, 0.1) is 30.7 Å². The average Bonchev–Trinajstić information content (AvgIpc) is 3.29. The molecule has 138 valence electrons. The van der Waals surface area contributed by atoms with Crippen LogP contribution in [0, 0.1) is 0 Å². The predicted octanol–water partition coefficient (Wildman–Crippen LogP) is 4.69. The van der Waals surface area contributed by atoms with Gasteiger partial charge in [0.2, 0.25) is 0 Å². The van der Waals surface area contributed by atoms with E-state index < -0.39 is 5.97 Å². The SMILES string of the molecule is COCc1c(C(=O)OC(C)C)ncc2[nH]c3cccc(-c4ccco4)c3c12. The zero-order valence-corrected chi connectivity index (χ0v) is 15.4. The van der Waals surface area contributed by atoms with Gasteiger partial charge in [-0.15, -0.1) is 0 Å². The molecular formula is C21H20N2O4. The maximum atomic E-state index is 12.6. The number of H-pyrrole nitrogens is 1. The molecule has 1 aromatic carbocycles. The number of nitrogens with one attached hydrogen (secondary N) is 1. The summed E-state index contributed by atoms with van der Waals surface area (Å²) in [5, 5.41) is 1.86. The van der Waals surface area contributed by atoms with Gasteiger partial charge in [0.1, 0.15) is 5.76 Å². The van der Waals surface area contributed by atoms with Crippen molar-refractivity contribution in [1.82, 2.24) is 9.97 Å². The zero-order valence-electron chi connectivity index (χ0n) is 15.4. The van der Waals surface area contributed by atoms with Gasteiger partial charge in [-0.2, -0.15) is 0 Å². The van der Waals surface area contributed by atoms with Crippen molar-refractivity contribution in [3.8, 4) is 11.3 Å².